The van der Waals surface area contributed by atoms with Crippen LogP contribution in [0.1, 0.15) is 35.8 Å². The first-order valence-electron chi connectivity index (χ1n) is 9.87. The lowest BCUT2D eigenvalue weighted by atomic mass is 10.1. The van der Waals surface area contributed by atoms with Gasteiger partial charge in [-0.1, -0.05) is 30.8 Å². The van der Waals surface area contributed by atoms with E-state index in [4.69, 9.17) is 0 Å². The molecule has 1 atom stereocenters. The van der Waals surface area contributed by atoms with Crippen molar-refractivity contribution in [2.24, 2.45) is 0 Å². The number of nitrogens with one attached hydrogen (secondary N) is 1. The fraction of sp³-hybridized carbons (Fsp3) is 0.421. The number of carboxylic acid groups (broad SMARTS) is 1. The van der Waals surface area contributed by atoms with Crippen molar-refractivity contribution in [2.45, 2.75) is 42.3 Å². The van der Waals surface area contributed by atoms with E-state index in [1.54, 1.807) is 11.2 Å². The number of nitrogens with zero attached hydrogens (tertiary/aromatic N) is 4. The van der Waals surface area contributed by atoms with Gasteiger partial charge in [0.2, 0.25) is 10.0 Å². The molecule has 1 fully saturated rings. The molecule has 0 aliphatic carbocycles. The van der Waals surface area contributed by atoms with E-state index in [2.05, 4.69) is 14.7 Å². The van der Waals surface area contributed by atoms with Crippen LogP contribution in [0.2, 0.25) is 0 Å². The van der Waals surface area contributed by atoms with Gasteiger partial charge in [-0.25, -0.2) is 27.9 Å². The number of nitro groups is 1. The van der Waals surface area contributed by atoms with Crippen molar-refractivity contribution in [3.8, 4) is 0 Å². The molecule has 172 valence electrons. The normalized spacial score (nSPS) is 16.3. The molecule has 0 unspecified atom stereocenters. The fourth-order valence-corrected chi connectivity index (χ4v) is 5.31. The Labute approximate surface area is 189 Å². The molecule has 1 aromatic heterocycles. The third kappa shape index (κ3) is 4.84. The van der Waals surface area contributed by atoms with Crippen LogP contribution in [0.15, 0.2) is 34.3 Å². The molecule has 0 radical (unpaired) electrons. The lowest BCUT2D eigenvalue weighted by molar-refractivity contribution is -0.387. The standard InChI is InChI=1S/C19H23N5O6S2/c1-3-13-16(18(25)26)17(22-19(21-13)31-2)23-10-6-7-12(23)11-20-32(29,30)15-9-5-4-8-14(15)24(27)28/h4-5,8-9,12,20H,3,6-7,10-11H2,1-2H3,(H,25,26)/t12-/m0/s1. The molecule has 1 saturated heterocycles. The van der Waals surface area contributed by atoms with Crippen LogP contribution in [-0.2, 0) is 16.4 Å². The van der Waals surface area contributed by atoms with Gasteiger partial charge in [0.25, 0.3) is 5.69 Å². The topological polar surface area (TPSA) is 156 Å². The Bertz CT molecular complexity index is 1140. The highest BCUT2D eigenvalue weighted by molar-refractivity contribution is 7.98. The zero-order chi connectivity index (χ0) is 23.5. The average molecular weight is 482 g/mol. The number of nitro benzene ring substituents is 1. The summed E-state index contributed by atoms with van der Waals surface area (Å²) in [6.07, 6.45) is 3.53. The van der Waals surface area contributed by atoms with Crippen LogP contribution in [0.25, 0.3) is 0 Å². The summed E-state index contributed by atoms with van der Waals surface area (Å²) in [7, 11) is -4.15. The quantitative estimate of drug-likeness (QED) is 0.236. The molecule has 11 nitrogen and oxygen atoms in total. The maximum Gasteiger partial charge on any atom is 0.341 e. The highest BCUT2D eigenvalue weighted by Gasteiger charge is 2.33. The third-order valence-corrected chi connectivity index (χ3v) is 7.20. The van der Waals surface area contributed by atoms with Gasteiger partial charge < -0.3 is 10.0 Å². The van der Waals surface area contributed by atoms with Gasteiger partial charge in [-0.3, -0.25) is 10.1 Å². The Balaban J connectivity index is 1.91. The summed E-state index contributed by atoms with van der Waals surface area (Å²) >= 11 is 1.29. The van der Waals surface area contributed by atoms with Crippen molar-refractivity contribution < 1.29 is 23.2 Å². The number of para-hydroxylation sites is 1. The molecule has 1 aromatic carbocycles. The average Bonchev–Trinajstić information content (AvgIpc) is 3.25. The smallest absolute Gasteiger partial charge is 0.341 e. The number of rotatable bonds is 9. The minimum Gasteiger partial charge on any atom is -0.477 e. The van der Waals surface area contributed by atoms with E-state index in [-0.39, 0.29) is 24.0 Å². The molecular formula is C19H23N5O6S2. The summed E-state index contributed by atoms with van der Waals surface area (Å²) in [4.78, 5) is 32.6. The molecule has 0 bridgehead atoms. The summed E-state index contributed by atoms with van der Waals surface area (Å²) in [5, 5.41) is 21.4. The molecule has 2 aromatic rings. The predicted octanol–water partition coefficient (Wildman–Crippen LogP) is 2.31. The first kappa shape index (κ1) is 23.9. The molecular weight excluding hydrogens is 458 g/mol. The lowest BCUT2D eigenvalue weighted by Gasteiger charge is -2.28. The van der Waals surface area contributed by atoms with Crippen LogP contribution in [0.5, 0.6) is 0 Å². The van der Waals surface area contributed by atoms with Crippen LogP contribution in [0, 0.1) is 10.1 Å². The van der Waals surface area contributed by atoms with Crippen molar-refractivity contribution >= 4 is 39.3 Å². The van der Waals surface area contributed by atoms with E-state index in [1.165, 1.54) is 30.0 Å². The number of aryl methyl sites for hydroxylation is 1. The largest absolute Gasteiger partial charge is 0.477 e. The molecule has 32 heavy (non-hydrogen) atoms. The highest BCUT2D eigenvalue weighted by atomic mass is 32.2. The van der Waals surface area contributed by atoms with Crippen molar-refractivity contribution in [1.29, 1.82) is 0 Å². The highest BCUT2D eigenvalue weighted by Crippen LogP contribution is 2.31. The number of benzene rings is 1. The van der Waals surface area contributed by atoms with Crippen molar-refractivity contribution in [2.75, 3.05) is 24.2 Å². The number of thioether (sulfide) groups is 1. The van der Waals surface area contributed by atoms with Gasteiger partial charge in [-0.05, 0) is 31.6 Å². The van der Waals surface area contributed by atoms with Gasteiger partial charge in [-0.2, -0.15) is 0 Å². The summed E-state index contributed by atoms with van der Waals surface area (Å²) in [6.45, 7) is 2.27. The Morgan fingerprint density at radius 1 is 1.38 bits per heavy atom. The zero-order valence-electron chi connectivity index (χ0n) is 17.5. The summed E-state index contributed by atoms with van der Waals surface area (Å²) in [6, 6.07) is 4.76. The number of hydrogen-bond acceptors (Lipinski definition) is 9. The molecule has 0 amide bonds. The van der Waals surface area contributed by atoms with Gasteiger partial charge in [0.15, 0.2) is 10.1 Å². The zero-order valence-corrected chi connectivity index (χ0v) is 19.1. The summed E-state index contributed by atoms with van der Waals surface area (Å²) in [5.41, 5.74) is -0.0822. The van der Waals surface area contributed by atoms with Gasteiger partial charge in [0.05, 0.1) is 10.6 Å². The Hall–Kier alpha value is -2.77. The van der Waals surface area contributed by atoms with Crippen LogP contribution >= 0.6 is 11.8 Å². The molecule has 13 heteroatoms. The van der Waals surface area contributed by atoms with Crippen molar-refractivity contribution in [3.05, 3.63) is 45.6 Å². The Kier molecular flexibility index (Phi) is 7.31. The van der Waals surface area contributed by atoms with E-state index in [9.17, 15) is 28.4 Å². The monoisotopic (exact) mass is 481 g/mol. The molecule has 0 saturated carbocycles. The second kappa shape index (κ2) is 9.79. The van der Waals surface area contributed by atoms with E-state index in [1.807, 2.05) is 6.92 Å². The van der Waals surface area contributed by atoms with E-state index < -0.39 is 31.5 Å². The number of anilines is 1. The summed E-state index contributed by atoms with van der Waals surface area (Å²) < 4.78 is 28.0. The third-order valence-electron chi connectivity index (χ3n) is 5.19. The number of carbonyl (C=O) groups is 1. The number of aromatic carboxylic acids is 1. The van der Waals surface area contributed by atoms with E-state index in [0.717, 1.165) is 12.5 Å². The van der Waals surface area contributed by atoms with Crippen LogP contribution in [0.3, 0.4) is 0 Å². The van der Waals surface area contributed by atoms with Gasteiger partial charge in [-0.15, -0.1) is 0 Å². The van der Waals surface area contributed by atoms with E-state index in [0.29, 0.717) is 30.2 Å². The maximum atomic E-state index is 12.8. The van der Waals surface area contributed by atoms with Crippen molar-refractivity contribution in [3.63, 3.8) is 0 Å². The fourth-order valence-electron chi connectivity index (χ4n) is 3.69. The number of hydrogen-bond donors (Lipinski definition) is 2. The second-order valence-electron chi connectivity index (χ2n) is 7.08. The van der Waals surface area contributed by atoms with Gasteiger partial charge in [0, 0.05) is 25.2 Å². The molecule has 1 aliphatic heterocycles. The summed E-state index contributed by atoms with van der Waals surface area (Å²) in [5.74, 6) is -0.878. The SMILES string of the molecule is CCc1nc(SC)nc(N2CCC[C@H]2CNS(=O)(=O)c2ccccc2[N+](=O)[O-])c1C(=O)O. The molecule has 1 aliphatic rings. The minimum atomic E-state index is -4.15. The number of sulfonamides is 1. The lowest BCUT2D eigenvalue weighted by Crippen LogP contribution is -2.41. The first-order chi connectivity index (χ1) is 15.2. The minimum absolute atomic E-state index is 0.0127. The molecule has 2 N–H and O–H groups in total. The van der Waals surface area contributed by atoms with Crippen LogP contribution in [0.4, 0.5) is 11.5 Å². The van der Waals surface area contributed by atoms with Gasteiger partial charge in [0.1, 0.15) is 11.4 Å². The molecule has 3 rings (SSSR count). The van der Waals surface area contributed by atoms with Crippen LogP contribution < -0.4 is 9.62 Å². The second-order valence-corrected chi connectivity index (χ2v) is 9.59. The molecule has 0 spiro atoms. The van der Waals surface area contributed by atoms with Crippen molar-refractivity contribution in [1.82, 2.24) is 14.7 Å². The Morgan fingerprint density at radius 2 is 2.09 bits per heavy atom. The van der Waals surface area contributed by atoms with E-state index >= 15 is 0 Å². The Morgan fingerprint density at radius 3 is 2.72 bits per heavy atom. The predicted molar refractivity (Wildman–Crippen MR) is 119 cm³/mol. The number of aromatic nitrogens is 2. The molecule has 2 heterocycles. The van der Waals surface area contributed by atoms with Crippen LogP contribution in [-0.4, -0.2) is 59.8 Å². The maximum absolute atomic E-state index is 12.8. The number of carboxylic acids is 1. The van der Waals surface area contributed by atoms with Gasteiger partial charge >= 0.3 is 5.97 Å². The first-order valence-corrected chi connectivity index (χ1v) is 12.6.